The van der Waals surface area contributed by atoms with Crippen LogP contribution in [0.15, 0.2) is 0 Å². The minimum Gasteiger partial charge on any atom is -0.392 e. The molecule has 0 rings (SSSR count). The van der Waals surface area contributed by atoms with Crippen molar-refractivity contribution < 1.29 is 21.6 Å². The molecule has 0 aromatic carbocycles. The van der Waals surface area contributed by atoms with Crippen LogP contribution in [0.2, 0.25) is 0 Å². The molecule has 0 heterocycles. The summed E-state index contributed by atoms with van der Waals surface area (Å²) in [6, 6.07) is 0. The van der Waals surface area contributed by atoms with Gasteiger partial charge in [0, 0.05) is 23.0 Å². The SMILES string of the molecule is CCC(O)CN(C)CC.[Ni]. The minimum absolute atomic E-state index is 0. The van der Waals surface area contributed by atoms with Gasteiger partial charge in [-0.25, -0.2) is 0 Å². The van der Waals surface area contributed by atoms with Gasteiger partial charge in [0.2, 0.25) is 0 Å². The molecule has 1 atom stereocenters. The van der Waals surface area contributed by atoms with E-state index >= 15 is 0 Å². The number of rotatable bonds is 4. The zero-order chi connectivity index (χ0) is 7.28. The van der Waals surface area contributed by atoms with E-state index in [9.17, 15) is 0 Å². The van der Waals surface area contributed by atoms with E-state index in [4.69, 9.17) is 5.11 Å². The Hall–Kier alpha value is 0.414. The minimum atomic E-state index is -0.144. The summed E-state index contributed by atoms with van der Waals surface area (Å²) in [6.07, 6.45) is 0.708. The van der Waals surface area contributed by atoms with Crippen LogP contribution in [0.1, 0.15) is 20.3 Å². The predicted molar refractivity (Wildman–Crippen MR) is 39.5 cm³/mol. The summed E-state index contributed by atoms with van der Waals surface area (Å²) in [5.74, 6) is 0. The Kier molecular flexibility index (Phi) is 9.80. The van der Waals surface area contributed by atoms with Gasteiger partial charge in [-0.15, -0.1) is 0 Å². The number of nitrogens with zero attached hydrogens (tertiary/aromatic N) is 1. The quantitative estimate of drug-likeness (QED) is 0.659. The fourth-order valence-electron chi connectivity index (χ4n) is 0.618. The van der Waals surface area contributed by atoms with Crippen molar-refractivity contribution in [3.05, 3.63) is 0 Å². The Balaban J connectivity index is 0. The first kappa shape index (κ1) is 13.0. The molecule has 0 aliphatic rings. The van der Waals surface area contributed by atoms with Crippen molar-refractivity contribution in [3.8, 4) is 0 Å². The molecule has 0 aromatic heterocycles. The summed E-state index contributed by atoms with van der Waals surface area (Å²) < 4.78 is 0. The van der Waals surface area contributed by atoms with Crippen LogP contribution in [0.3, 0.4) is 0 Å². The van der Waals surface area contributed by atoms with E-state index in [0.29, 0.717) is 0 Å². The van der Waals surface area contributed by atoms with Gasteiger partial charge in [-0.05, 0) is 20.0 Å². The van der Waals surface area contributed by atoms with Crippen molar-refractivity contribution in [2.45, 2.75) is 26.4 Å². The van der Waals surface area contributed by atoms with E-state index in [1.807, 2.05) is 14.0 Å². The standard InChI is InChI=1S/C7H17NO.Ni/c1-4-7(9)6-8(3)5-2;/h7,9H,4-6H2,1-3H3;. The molecule has 0 aliphatic carbocycles. The first-order chi connectivity index (χ1) is 4.20. The number of hydrogen-bond acceptors (Lipinski definition) is 2. The summed E-state index contributed by atoms with van der Waals surface area (Å²) in [4.78, 5) is 2.11. The van der Waals surface area contributed by atoms with Gasteiger partial charge < -0.3 is 10.0 Å². The van der Waals surface area contributed by atoms with Crippen LogP contribution >= 0.6 is 0 Å². The third-order valence-corrected chi connectivity index (χ3v) is 1.53. The Morgan fingerprint density at radius 2 is 1.90 bits per heavy atom. The molecule has 0 amide bonds. The molecule has 0 spiro atoms. The molecule has 0 radical (unpaired) electrons. The summed E-state index contributed by atoms with van der Waals surface area (Å²) in [7, 11) is 2.01. The van der Waals surface area contributed by atoms with Gasteiger partial charge in [0.15, 0.2) is 0 Å². The summed E-state index contributed by atoms with van der Waals surface area (Å²) >= 11 is 0. The van der Waals surface area contributed by atoms with Crippen molar-refractivity contribution >= 4 is 0 Å². The molecule has 0 saturated heterocycles. The molecule has 1 unspecified atom stereocenters. The number of hydrogen-bond donors (Lipinski definition) is 1. The van der Waals surface area contributed by atoms with E-state index in [1.54, 1.807) is 0 Å². The predicted octanol–water partition coefficient (Wildman–Crippen LogP) is 0.707. The summed E-state index contributed by atoms with van der Waals surface area (Å²) in [6.45, 7) is 5.89. The van der Waals surface area contributed by atoms with Crippen LogP contribution in [-0.4, -0.2) is 36.2 Å². The van der Waals surface area contributed by atoms with Crippen molar-refractivity contribution in [2.24, 2.45) is 0 Å². The number of aliphatic hydroxyl groups is 1. The monoisotopic (exact) mass is 189 g/mol. The van der Waals surface area contributed by atoms with Gasteiger partial charge >= 0.3 is 0 Å². The van der Waals surface area contributed by atoms with Gasteiger partial charge in [0.1, 0.15) is 0 Å². The second-order valence-electron chi connectivity index (χ2n) is 2.42. The van der Waals surface area contributed by atoms with E-state index in [2.05, 4.69) is 11.8 Å². The van der Waals surface area contributed by atoms with Crippen molar-refractivity contribution in [1.29, 1.82) is 0 Å². The number of aliphatic hydroxyl groups excluding tert-OH is 1. The third-order valence-electron chi connectivity index (χ3n) is 1.53. The first-order valence-corrected chi connectivity index (χ1v) is 3.57. The maximum Gasteiger partial charge on any atom is 0.0664 e. The van der Waals surface area contributed by atoms with Crippen molar-refractivity contribution in [3.63, 3.8) is 0 Å². The third kappa shape index (κ3) is 6.53. The van der Waals surface area contributed by atoms with Crippen LogP contribution in [0.25, 0.3) is 0 Å². The molecule has 0 saturated carbocycles. The fourth-order valence-corrected chi connectivity index (χ4v) is 0.618. The Morgan fingerprint density at radius 3 is 2.20 bits per heavy atom. The maximum atomic E-state index is 9.12. The molecule has 0 fully saturated rings. The normalized spacial score (nSPS) is 12.9. The second kappa shape index (κ2) is 7.52. The fraction of sp³-hybridized carbons (Fsp3) is 1.00. The Bertz CT molecular complexity index is 62.6. The average Bonchev–Trinajstić information content (AvgIpc) is 1.87. The van der Waals surface area contributed by atoms with Gasteiger partial charge in [-0.1, -0.05) is 13.8 Å². The van der Waals surface area contributed by atoms with E-state index < -0.39 is 0 Å². The summed E-state index contributed by atoms with van der Waals surface area (Å²) in [5.41, 5.74) is 0. The molecule has 1 N–H and O–H groups in total. The van der Waals surface area contributed by atoms with Crippen LogP contribution in [0, 0.1) is 0 Å². The maximum absolute atomic E-state index is 9.12. The van der Waals surface area contributed by atoms with Gasteiger partial charge in [0.05, 0.1) is 6.10 Å². The summed E-state index contributed by atoms with van der Waals surface area (Å²) in [5, 5.41) is 9.12. The van der Waals surface area contributed by atoms with Crippen LogP contribution in [-0.2, 0) is 16.5 Å². The molecule has 0 aromatic rings. The second-order valence-corrected chi connectivity index (χ2v) is 2.42. The van der Waals surface area contributed by atoms with Gasteiger partial charge in [-0.3, -0.25) is 0 Å². The van der Waals surface area contributed by atoms with Crippen LogP contribution in [0.4, 0.5) is 0 Å². The molecular weight excluding hydrogens is 173 g/mol. The zero-order valence-electron chi connectivity index (χ0n) is 6.91. The molecule has 3 heteroatoms. The zero-order valence-corrected chi connectivity index (χ0v) is 7.90. The number of likely N-dealkylation sites (N-methyl/N-ethyl adjacent to an activating group) is 1. The van der Waals surface area contributed by atoms with Crippen molar-refractivity contribution in [1.82, 2.24) is 4.90 Å². The van der Waals surface area contributed by atoms with E-state index in [0.717, 1.165) is 19.5 Å². The van der Waals surface area contributed by atoms with Crippen molar-refractivity contribution in [2.75, 3.05) is 20.1 Å². The first-order valence-electron chi connectivity index (χ1n) is 3.57. The topological polar surface area (TPSA) is 23.5 Å². The Labute approximate surface area is 73.5 Å². The smallest absolute Gasteiger partial charge is 0.0664 e. The van der Waals surface area contributed by atoms with E-state index in [1.165, 1.54) is 0 Å². The molecule has 10 heavy (non-hydrogen) atoms. The van der Waals surface area contributed by atoms with Crippen LogP contribution < -0.4 is 0 Å². The molecule has 0 aliphatic heterocycles. The molecular formula is C7H17NNiO. The van der Waals surface area contributed by atoms with Gasteiger partial charge in [-0.2, -0.15) is 0 Å². The molecule has 2 nitrogen and oxygen atoms in total. The average molecular weight is 190 g/mol. The van der Waals surface area contributed by atoms with Crippen LogP contribution in [0.5, 0.6) is 0 Å². The van der Waals surface area contributed by atoms with Gasteiger partial charge in [0.25, 0.3) is 0 Å². The molecule has 66 valence electrons. The largest absolute Gasteiger partial charge is 0.392 e. The van der Waals surface area contributed by atoms with E-state index in [-0.39, 0.29) is 22.6 Å². The molecule has 0 bridgehead atoms. The Morgan fingerprint density at radius 1 is 1.40 bits per heavy atom.